The topological polar surface area (TPSA) is 79.5 Å². The molecule has 0 heterocycles. The molecule has 24 heavy (non-hydrogen) atoms. The summed E-state index contributed by atoms with van der Waals surface area (Å²) < 4.78 is 5.07. The van der Waals surface area contributed by atoms with Crippen molar-refractivity contribution < 1.29 is 14.3 Å². The van der Waals surface area contributed by atoms with E-state index in [-0.39, 0.29) is 18.5 Å². The molecule has 0 aliphatic carbocycles. The van der Waals surface area contributed by atoms with Gasteiger partial charge in [-0.2, -0.15) is 0 Å². The molecule has 126 valence electrons. The second-order valence-corrected chi connectivity index (χ2v) is 5.15. The summed E-state index contributed by atoms with van der Waals surface area (Å²) in [6, 6.07) is 16.6. The van der Waals surface area contributed by atoms with Crippen molar-refractivity contribution in [2.45, 2.75) is 13.1 Å². The first-order chi connectivity index (χ1) is 11.7. The number of carbonyl (C=O) groups excluding carboxylic acids is 2. The van der Waals surface area contributed by atoms with Crippen LogP contribution in [-0.4, -0.2) is 25.6 Å². The first kappa shape index (κ1) is 17.3. The van der Waals surface area contributed by atoms with Crippen LogP contribution in [-0.2, 0) is 17.9 Å². The van der Waals surface area contributed by atoms with E-state index in [1.807, 2.05) is 54.6 Å². The van der Waals surface area contributed by atoms with Crippen molar-refractivity contribution in [2.24, 2.45) is 0 Å². The fourth-order valence-electron chi connectivity index (χ4n) is 2.01. The molecule has 0 fully saturated rings. The molecule has 2 aromatic carbocycles. The minimum absolute atomic E-state index is 0.0726. The number of urea groups is 1. The molecule has 0 radical (unpaired) electrons. The summed E-state index contributed by atoms with van der Waals surface area (Å²) in [7, 11) is 1.60. The van der Waals surface area contributed by atoms with E-state index in [0.29, 0.717) is 13.1 Å². The van der Waals surface area contributed by atoms with Crippen LogP contribution < -0.4 is 20.7 Å². The van der Waals surface area contributed by atoms with E-state index < -0.39 is 0 Å². The van der Waals surface area contributed by atoms with Crippen LogP contribution in [0.4, 0.5) is 4.79 Å². The van der Waals surface area contributed by atoms with Gasteiger partial charge in [-0.05, 0) is 23.3 Å². The number of amides is 3. The molecule has 0 unspecified atom stereocenters. The van der Waals surface area contributed by atoms with Crippen LogP contribution in [0.3, 0.4) is 0 Å². The molecule has 0 spiro atoms. The predicted octanol–water partition coefficient (Wildman–Crippen LogP) is 1.81. The molecule has 3 N–H and O–H groups in total. The van der Waals surface area contributed by atoms with E-state index in [1.165, 1.54) is 0 Å². The van der Waals surface area contributed by atoms with Crippen molar-refractivity contribution in [2.75, 3.05) is 13.7 Å². The Morgan fingerprint density at radius 3 is 2.12 bits per heavy atom. The average Bonchev–Trinajstić information content (AvgIpc) is 2.64. The standard InChI is InChI=1S/C18H21N3O3/c1-24-16-9-7-15(8-10-16)11-19-17(22)13-21-18(23)20-12-14-5-3-2-4-6-14/h2-10H,11-13H2,1H3,(H,19,22)(H2,20,21,23). The van der Waals surface area contributed by atoms with Crippen LogP contribution in [0.5, 0.6) is 5.75 Å². The molecule has 0 aromatic heterocycles. The van der Waals surface area contributed by atoms with Crippen molar-refractivity contribution in [1.82, 2.24) is 16.0 Å². The second kappa shape index (κ2) is 9.19. The summed E-state index contributed by atoms with van der Waals surface area (Å²) in [4.78, 5) is 23.4. The highest BCUT2D eigenvalue weighted by molar-refractivity contribution is 5.83. The minimum Gasteiger partial charge on any atom is -0.497 e. The van der Waals surface area contributed by atoms with Crippen LogP contribution in [0.15, 0.2) is 54.6 Å². The largest absolute Gasteiger partial charge is 0.497 e. The first-order valence-electron chi connectivity index (χ1n) is 7.62. The van der Waals surface area contributed by atoms with Gasteiger partial charge in [0.25, 0.3) is 0 Å². The van der Waals surface area contributed by atoms with Crippen molar-refractivity contribution in [3.05, 3.63) is 65.7 Å². The molecule has 0 aliphatic rings. The van der Waals surface area contributed by atoms with Crippen molar-refractivity contribution in [3.63, 3.8) is 0 Å². The van der Waals surface area contributed by atoms with Crippen LogP contribution in [0.25, 0.3) is 0 Å². The monoisotopic (exact) mass is 327 g/mol. The molecule has 0 saturated carbocycles. The van der Waals surface area contributed by atoms with E-state index in [2.05, 4.69) is 16.0 Å². The summed E-state index contributed by atoms with van der Waals surface area (Å²) in [6.45, 7) is 0.743. The number of hydrogen-bond acceptors (Lipinski definition) is 3. The Hall–Kier alpha value is -3.02. The van der Waals surface area contributed by atoms with Crippen LogP contribution in [0, 0.1) is 0 Å². The van der Waals surface area contributed by atoms with Crippen molar-refractivity contribution in [1.29, 1.82) is 0 Å². The molecule has 0 saturated heterocycles. The number of methoxy groups -OCH3 is 1. The van der Waals surface area contributed by atoms with E-state index >= 15 is 0 Å². The van der Waals surface area contributed by atoms with E-state index in [0.717, 1.165) is 16.9 Å². The van der Waals surface area contributed by atoms with E-state index in [1.54, 1.807) is 7.11 Å². The lowest BCUT2D eigenvalue weighted by Crippen LogP contribution is -2.41. The number of benzene rings is 2. The van der Waals surface area contributed by atoms with Crippen molar-refractivity contribution >= 4 is 11.9 Å². The Morgan fingerprint density at radius 2 is 1.46 bits per heavy atom. The average molecular weight is 327 g/mol. The zero-order valence-corrected chi connectivity index (χ0v) is 13.5. The summed E-state index contributed by atoms with van der Waals surface area (Å²) in [6.07, 6.45) is 0. The summed E-state index contributed by atoms with van der Waals surface area (Å²) in [5, 5.41) is 7.97. The number of nitrogens with one attached hydrogen (secondary N) is 3. The van der Waals surface area contributed by atoms with Gasteiger partial charge >= 0.3 is 6.03 Å². The highest BCUT2D eigenvalue weighted by atomic mass is 16.5. The number of ether oxygens (including phenoxy) is 1. The van der Waals surface area contributed by atoms with Gasteiger partial charge in [0.1, 0.15) is 5.75 Å². The highest BCUT2D eigenvalue weighted by Gasteiger charge is 2.05. The normalized spacial score (nSPS) is 9.88. The molecule has 0 atom stereocenters. The number of carbonyl (C=O) groups is 2. The lowest BCUT2D eigenvalue weighted by Gasteiger charge is -2.09. The Morgan fingerprint density at radius 1 is 0.833 bits per heavy atom. The molecular formula is C18H21N3O3. The maximum absolute atomic E-state index is 11.7. The van der Waals surface area contributed by atoms with Gasteiger partial charge in [-0.3, -0.25) is 4.79 Å². The molecule has 6 heteroatoms. The van der Waals surface area contributed by atoms with Gasteiger partial charge in [-0.1, -0.05) is 42.5 Å². The molecule has 2 rings (SSSR count). The van der Waals surface area contributed by atoms with Gasteiger partial charge in [0.05, 0.1) is 13.7 Å². The third-order valence-electron chi connectivity index (χ3n) is 3.35. The summed E-state index contributed by atoms with van der Waals surface area (Å²) in [5.41, 5.74) is 1.95. The molecule has 2 aromatic rings. The Bertz CT molecular complexity index is 657. The quantitative estimate of drug-likeness (QED) is 0.726. The van der Waals surface area contributed by atoms with Gasteiger partial charge < -0.3 is 20.7 Å². The molecule has 3 amide bonds. The van der Waals surface area contributed by atoms with Crippen molar-refractivity contribution in [3.8, 4) is 5.75 Å². The third kappa shape index (κ3) is 6.00. The maximum Gasteiger partial charge on any atom is 0.315 e. The molecular weight excluding hydrogens is 306 g/mol. The smallest absolute Gasteiger partial charge is 0.315 e. The number of rotatable bonds is 7. The first-order valence-corrected chi connectivity index (χ1v) is 7.62. The Balaban J connectivity index is 1.64. The second-order valence-electron chi connectivity index (χ2n) is 5.15. The number of hydrogen-bond donors (Lipinski definition) is 3. The van der Waals surface area contributed by atoms with Crippen LogP contribution in [0.2, 0.25) is 0 Å². The zero-order chi connectivity index (χ0) is 17.2. The van der Waals surface area contributed by atoms with Gasteiger partial charge in [0, 0.05) is 13.1 Å². The van der Waals surface area contributed by atoms with Gasteiger partial charge in [-0.15, -0.1) is 0 Å². The molecule has 0 aliphatic heterocycles. The van der Waals surface area contributed by atoms with E-state index in [4.69, 9.17) is 4.74 Å². The minimum atomic E-state index is -0.376. The van der Waals surface area contributed by atoms with Crippen LogP contribution >= 0.6 is 0 Å². The van der Waals surface area contributed by atoms with E-state index in [9.17, 15) is 9.59 Å². The Labute approximate surface area is 141 Å². The SMILES string of the molecule is COc1ccc(CNC(=O)CNC(=O)NCc2ccccc2)cc1. The zero-order valence-electron chi connectivity index (χ0n) is 13.5. The highest BCUT2D eigenvalue weighted by Crippen LogP contribution is 2.10. The summed E-state index contributed by atoms with van der Waals surface area (Å²) >= 11 is 0. The van der Waals surface area contributed by atoms with Gasteiger partial charge in [-0.25, -0.2) is 4.79 Å². The Kier molecular flexibility index (Phi) is 6.64. The maximum atomic E-state index is 11.7. The van der Waals surface area contributed by atoms with Crippen LogP contribution in [0.1, 0.15) is 11.1 Å². The van der Waals surface area contributed by atoms with Gasteiger partial charge in [0.15, 0.2) is 0 Å². The lowest BCUT2D eigenvalue weighted by atomic mass is 10.2. The lowest BCUT2D eigenvalue weighted by molar-refractivity contribution is -0.120. The molecule has 6 nitrogen and oxygen atoms in total. The molecule has 0 bridgehead atoms. The third-order valence-corrected chi connectivity index (χ3v) is 3.35. The van der Waals surface area contributed by atoms with Gasteiger partial charge in [0.2, 0.25) is 5.91 Å². The predicted molar refractivity (Wildman–Crippen MR) is 91.5 cm³/mol. The fraction of sp³-hybridized carbons (Fsp3) is 0.222. The summed E-state index contributed by atoms with van der Waals surface area (Å²) in [5.74, 6) is 0.516. The fourth-order valence-corrected chi connectivity index (χ4v) is 2.01.